The number of fused-ring (bicyclic) bond motifs is 1. The van der Waals surface area contributed by atoms with Gasteiger partial charge in [-0.3, -0.25) is 9.59 Å². The number of esters is 2. The minimum absolute atomic E-state index is 0.0381. The number of rotatable bonds is 4. The lowest BCUT2D eigenvalue weighted by atomic mass is 10.0. The van der Waals surface area contributed by atoms with Crippen molar-refractivity contribution in [3.63, 3.8) is 0 Å². The molecule has 2 fully saturated rings. The molecule has 0 amide bonds. The first-order valence-electron chi connectivity index (χ1n) is 6.31. The number of ether oxygens (including phenoxy) is 6. The van der Waals surface area contributed by atoms with Crippen molar-refractivity contribution in [3.05, 3.63) is 0 Å². The van der Waals surface area contributed by atoms with Crippen molar-refractivity contribution in [2.45, 2.75) is 38.3 Å². The molecule has 114 valence electrons. The van der Waals surface area contributed by atoms with Crippen LogP contribution in [0, 0.1) is 0 Å². The number of carbonyl (C=O) groups is 2. The Hall–Kier alpha value is -1.22. The lowest BCUT2D eigenvalue weighted by Gasteiger charge is -2.42. The highest BCUT2D eigenvalue weighted by molar-refractivity contribution is 5.67. The van der Waals surface area contributed by atoms with E-state index < -0.39 is 30.3 Å². The maximum Gasteiger partial charge on any atom is 0.303 e. The minimum Gasteiger partial charge on any atom is -0.462 e. The lowest BCUT2D eigenvalue weighted by Crippen LogP contribution is -2.58. The summed E-state index contributed by atoms with van der Waals surface area (Å²) in [6.45, 7) is 3.00. The smallest absolute Gasteiger partial charge is 0.303 e. The fourth-order valence-electron chi connectivity index (χ4n) is 2.17. The van der Waals surface area contributed by atoms with E-state index in [-0.39, 0.29) is 26.3 Å². The van der Waals surface area contributed by atoms with Gasteiger partial charge >= 0.3 is 11.9 Å². The van der Waals surface area contributed by atoms with Crippen molar-refractivity contribution in [1.82, 2.24) is 0 Å². The van der Waals surface area contributed by atoms with E-state index in [9.17, 15) is 9.59 Å². The van der Waals surface area contributed by atoms with E-state index in [0.717, 1.165) is 0 Å². The van der Waals surface area contributed by atoms with Gasteiger partial charge in [0.2, 0.25) is 0 Å². The predicted molar refractivity (Wildman–Crippen MR) is 62.5 cm³/mol. The Kier molecular flexibility index (Phi) is 5.30. The number of hydrogen-bond donors (Lipinski definition) is 0. The molecule has 2 aliphatic rings. The zero-order valence-electron chi connectivity index (χ0n) is 11.4. The fourth-order valence-corrected chi connectivity index (χ4v) is 2.17. The molecule has 2 aliphatic heterocycles. The summed E-state index contributed by atoms with van der Waals surface area (Å²) >= 11 is 0. The lowest BCUT2D eigenvalue weighted by molar-refractivity contribution is -0.315. The van der Waals surface area contributed by atoms with Gasteiger partial charge < -0.3 is 28.4 Å². The Bertz CT molecular complexity index is 355. The monoisotopic (exact) mass is 290 g/mol. The Morgan fingerprint density at radius 2 is 1.95 bits per heavy atom. The van der Waals surface area contributed by atoms with Gasteiger partial charge in [-0.15, -0.1) is 0 Å². The highest BCUT2D eigenvalue weighted by Gasteiger charge is 2.44. The van der Waals surface area contributed by atoms with Crippen molar-refractivity contribution in [2.75, 3.05) is 26.8 Å². The Labute approximate surface area is 116 Å². The largest absolute Gasteiger partial charge is 0.462 e. The van der Waals surface area contributed by atoms with Crippen LogP contribution in [0.5, 0.6) is 0 Å². The molecule has 0 aromatic heterocycles. The Morgan fingerprint density at radius 3 is 2.65 bits per heavy atom. The molecular weight excluding hydrogens is 272 g/mol. The highest BCUT2D eigenvalue weighted by Crippen LogP contribution is 2.25. The van der Waals surface area contributed by atoms with Crippen LogP contribution in [0.25, 0.3) is 0 Å². The topological polar surface area (TPSA) is 89.5 Å². The molecule has 0 radical (unpaired) electrons. The van der Waals surface area contributed by atoms with Gasteiger partial charge in [0, 0.05) is 13.8 Å². The summed E-state index contributed by atoms with van der Waals surface area (Å²) in [6, 6.07) is 0. The van der Waals surface area contributed by atoms with Crippen molar-refractivity contribution in [3.8, 4) is 0 Å². The second-order valence-electron chi connectivity index (χ2n) is 4.52. The van der Waals surface area contributed by atoms with E-state index in [0.29, 0.717) is 6.61 Å². The first kappa shape index (κ1) is 15.2. The molecule has 0 bridgehead atoms. The van der Waals surface area contributed by atoms with Gasteiger partial charge in [0.25, 0.3) is 0 Å². The zero-order valence-corrected chi connectivity index (χ0v) is 11.4. The zero-order chi connectivity index (χ0) is 14.5. The molecule has 2 heterocycles. The van der Waals surface area contributed by atoms with E-state index in [2.05, 4.69) is 0 Å². The number of hydrogen-bond acceptors (Lipinski definition) is 8. The average molecular weight is 290 g/mol. The summed E-state index contributed by atoms with van der Waals surface area (Å²) in [5.74, 6) is -0.945. The molecule has 0 spiro atoms. The molecule has 2 saturated heterocycles. The quantitative estimate of drug-likeness (QED) is 0.646. The molecule has 0 aliphatic carbocycles. The standard InChI is InChI=1S/C12H18O8/c1-7(13)16-4-10(20-8(2)14)12-11-9(17-6-19-12)3-15-5-18-11/h9-12H,3-6H2,1-2H3/t9-,10-,11+,12-/m1/s1. The molecule has 0 N–H and O–H groups in total. The fraction of sp³-hybridized carbons (Fsp3) is 0.833. The molecule has 0 aromatic carbocycles. The van der Waals surface area contributed by atoms with Crippen LogP contribution in [-0.4, -0.2) is 63.2 Å². The molecule has 0 unspecified atom stereocenters. The van der Waals surface area contributed by atoms with Gasteiger partial charge in [0.15, 0.2) is 6.10 Å². The maximum absolute atomic E-state index is 11.2. The van der Waals surface area contributed by atoms with Crippen molar-refractivity contribution >= 4 is 11.9 Å². The third-order valence-electron chi connectivity index (χ3n) is 2.99. The first-order chi connectivity index (χ1) is 9.58. The van der Waals surface area contributed by atoms with E-state index in [1.807, 2.05) is 0 Å². The molecule has 0 saturated carbocycles. The van der Waals surface area contributed by atoms with Crippen LogP contribution in [0.3, 0.4) is 0 Å². The van der Waals surface area contributed by atoms with Crippen LogP contribution in [0.15, 0.2) is 0 Å². The van der Waals surface area contributed by atoms with Crippen LogP contribution in [0.2, 0.25) is 0 Å². The second-order valence-corrected chi connectivity index (χ2v) is 4.52. The molecule has 0 aromatic rings. The molecule has 20 heavy (non-hydrogen) atoms. The van der Waals surface area contributed by atoms with Gasteiger partial charge in [-0.05, 0) is 0 Å². The second kappa shape index (κ2) is 6.98. The van der Waals surface area contributed by atoms with Gasteiger partial charge in [-0.25, -0.2) is 0 Å². The molecular formula is C12H18O8. The van der Waals surface area contributed by atoms with Crippen LogP contribution in [0.1, 0.15) is 13.8 Å². The van der Waals surface area contributed by atoms with Gasteiger partial charge in [-0.1, -0.05) is 0 Å². The van der Waals surface area contributed by atoms with Crippen LogP contribution in [0.4, 0.5) is 0 Å². The third kappa shape index (κ3) is 3.89. The summed E-state index contributed by atoms with van der Waals surface area (Å²) in [5.41, 5.74) is 0. The molecule has 8 heteroatoms. The van der Waals surface area contributed by atoms with E-state index in [1.54, 1.807) is 0 Å². The first-order valence-corrected chi connectivity index (χ1v) is 6.31. The molecule has 4 atom stereocenters. The van der Waals surface area contributed by atoms with Gasteiger partial charge in [-0.2, -0.15) is 0 Å². The Balaban J connectivity index is 2.04. The van der Waals surface area contributed by atoms with Crippen molar-refractivity contribution in [2.24, 2.45) is 0 Å². The Morgan fingerprint density at radius 1 is 1.15 bits per heavy atom. The average Bonchev–Trinajstić information content (AvgIpc) is 2.42. The van der Waals surface area contributed by atoms with Crippen LogP contribution >= 0.6 is 0 Å². The summed E-state index contributed by atoms with van der Waals surface area (Å²) in [4.78, 5) is 22.1. The third-order valence-corrected chi connectivity index (χ3v) is 2.99. The van der Waals surface area contributed by atoms with Crippen molar-refractivity contribution in [1.29, 1.82) is 0 Å². The summed E-state index contributed by atoms with van der Waals surface area (Å²) in [7, 11) is 0. The van der Waals surface area contributed by atoms with Gasteiger partial charge in [0.05, 0.1) is 6.61 Å². The van der Waals surface area contributed by atoms with Gasteiger partial charge in [0.1, 0.15) is 38.5 Å². The van der Waals surface area contributed by atoms with E-state index in [4.69, 9.17) is 28.4 Å². The van der Waals surface area contributed by atoms with E-state index in [1.165, 1.54) is 13.8 Å². The summed E-state index contributed by atoms with van der Waals surface area (Å²) in [6.07, 6.45) is -2.04. The normalized spacial score (nSPS) is 31.0. The minimum atomic E-state index is -0.745. The van der Waals surface area contributed by atoms with E-state index >= 15 is 0 Å². The number of carbonyl (C=O) groups excluding carboxylic acids is 2. The molecule has 2 rings (SSSR count). The molecule has 8 nitrogen and oxygen atoms in total. The van der Waals surface area contributed by atoms with Crippen LogP contribution < -0.4 is 0 Å². The predicted octanol–water partition coefficient (Wildman–Crippen LogP) is -0.404. The maximum atomic E-state index is 11.2. The van der Waals surface area contributed by atoms with Crippen LogP contribution in [-0.2, 0) is 38.0 Å². The van der Waals surface area contributed by atoms with Crippen molar-refractivity contribution < 1.29 is 38.0 Å². The summed E-state index contributed by atoms with van der Waals surface area (Å²) < 4.78 is 31.5. The SMILES string of the molecule is CC(=O)OC[C@@H](OC(C)=O)[C@H]1OCO[C@@H]2COCO[C@H]12. The summed E-state index contributed by atoms with van der Waals surface area (Å²) in [5, 5.41) is 0. The highest BCUT2D eigenvalue weighted by atomic mass is 16.8.